The van der Waals surface area contributed by atoms with Crippen LogP contribution in [0.1, 0.15) is 19.3 Å². The van der Waals surface area contributed by atoms with Gasteiger partial charge in [-0.05, 0) is 84.0 Å². The maximum Gasteiger partial charge on any atom is 0.141 e. The number of nitrogens with zero attached hydrogens (tertiary/aromatic N) is 4. The molecule has 0 aliphatic carbocycles. The second kappa shape index (κ2) is 10.4. The molecule has 6 heteroatoms. The lowest BCUT2D eigenvalue weighted by atomic mass is 10.1. The predicted molar refractivity (Wildman–Crippen MR) is 180 cm³/mol. The van der Waals surface area contributed by atoms with E-state index in [4.69, 9.17) is 4.98 Å². The number of hydrogen-bond acceptors (Lipinski definition) is 5. The molecule has 5 aromatic rings. The molecule has 42 heavy (non-hydrogen) atoms. The van der Waals surface area contributed by atoms with Crippen LogP contribution in [0.15, 0.2) is 125 Å². The molecule has 8 rings (SSSR count). The third-order valence-corrected chi connectivity index (χ3v) is 15.5. The van der Waals surface area contributed by atoms with Crippen LogP contribution in [0.3, 0.4) is 0 Å². The van der Waals surface area contributed by atoms with Gasteiger partial charge in [0.05, 0.1) is 29.4 Å². The van der Waals surface area contributed by atoms with Crippen molar-refractivity contribution in [2.45, 2.75) is 41.1 Å². The zero-order chi connectivity index (χ0) is 28.1. The molecule has 3 aliphatic rings. The molecule has 0 bridgehead atoms. The van der Waals surface area contributed by atoms with E-state index in [2.05, 4.69) is 131 Å². The van der Waals surface area contributed by atoms with Crippen molar-refractivity contribution in [1.82, 2.24) is 4.98 Å². The first-order valence-electron chi connectivity index (χ1n) is 15.0. The van der Waals surface area contributed by atoms with Crippen molar-refractivity contribution >= 4 is 64.5 Å². The van der Waals surface area contributed by atoms with E-state index in [1.165, 1.54) is 85.8 Å². The molecular weight excluding hydrogens is 549 g/mol. The fourth-order valence-electron chi connectivity index (χ4n) is 7.22. The first kappa shape index (κ1) is 25.7. The highest BCUT2D eigenvalue weighted by atomic mass is 32.2. The summed E-state index contributed by atoms with van der Waals surface area (Å²) in [4.78, 5) is 14.8. The van der Waals surface area contributed by atoms with Gasteiger partial charge in [0, 0.05) is 39.7 Å². The number of rotatable bonds is 4. The molecular formula is C36H34N4SSi. The van der Waals surface area contributed by atoms with Crippen LogP contribution in [0, 0.1) is 0 Å². The Labute approximate surface area is 253 Å². The van der Waals surface area contributed by atoms with Crippen LogP contribution in [0.4, 0.5) is 34.1 Å². The van der Waals surface area contributed by atoms with Gasteiger partial charge in [0.2, 0.25) is 0 Å². The summed E-state index contributed by atoms with van der Waals surface area (Å²) < 4.78 is 0. The van der Waals surface area contributed by atoms with Crippen LogP contribution in [0.2, 0.25) is 12.1 Å². The average Bonchev–Trinajstić information content (AvgIpc) is 3.40. The van der Waals surface area contributed by atoms with E-state index in [0.717, 1.165) is 6.67 Å². The van der Waals surface area contributed by atoms with E-state index >= 15 is 0 Å². The molecule has 4 nitrogen and oxygen atoms in total. The minimum atomic E-state index is -1.96. The number of hydrogen-bond donors (Lipinski definition) is 0. The highest BCUT2D eigenvalue weighted by Crippen LogP contribution is 2.52. The summed E-state index contributed by atoms with van der Waals surface area (Å²) in [5, 5.41) is 2.87. The third-order valence-electron chi connectivity index (χ3n) is 9.28. The zero-order valence-electron chi connectivity index (χ0n) is 23.9. The normalized spacial score (nSPS) is 17.0. The van der Waals surface area contributed by atoms with Crippen molar-refractivity contribution < 1.29 is 0 Å². The van der Waals surface area contributed by atoms with E-state index in [1.54, 1.807) is 0 Å². The molecule has 4 heterocycles. The Hall–Kier alpha value is -4.00. The summed E-state index contributed by atoms with van der Waals surface area (Å²) in [7, 11) is 0.215. The third kappa shape index (κ3) is 4.16. The number of anilines is 6. The van der Waals surface area contributed by atoms with E-state index in [-0.39, 0.29) is 0 Å². The Morgan fingerprint density at radius 1 is 0.643 bits per heavy atom. The van der Waals surface area contributed by atoms with Crippen molar-refractivity contribution in [2.75, 3.05) is 28.4 Å². The molecule has 0 amide bonds. The van der Waals surface area contributed by atoms with Gasteiger partial charge in [-0.3, -0.25) is 4.98 Å². The van der Waals surface area contributed by atoms with Crippen LogP contribution < -0.4 is 25.2 Å². The lowest BCUT2D eigenvalue weighted by Gasteiger charge is -2.38. The second-order valence-corrected chi connectivity index (χ2v) is 17.1. The molecule has 0 unspecified atom stereocenters. The lowest BCUT2D eigenvalue weighted by molar-refractivity contribution is 0.719. The van der Waals surface area contributed by atoms with Crippen LogP contribution >= 0.6 is 11.8 Å². The summed E-state index contributed by atoms with van der Waals surface area (Å²) >= 11 is 1.89. The Morgan fingerprint density at radius 2 is 1.38 bits per heavy atom. The van der Waals surface area contributed by atoms with Gasteiger partial charge in [0.1, 0.15) is 8.07 Å². The molecule has 208 valence electrons. The quantitative estimate of drug-likeness (QED) is 0.195. The van der Waals surface area contributed by atoms with Gasteiger partial charge in [-0.15, -0.1) is 0 Å². The van der Waals surface area contributed by atoms with Crippen molar-refractivity contribution in [3.8, 4) is 0 Å². The monoisotopic (exact) mass is 582 g/mol. The van der Waals surface area contributed by atoms with Gasteiger partial charge in [-0.25, -0.2) is 0 Å². The SMILES string of the molecule is CN1CN(c2cccc(N3c4ccccc4Sc4ccc([Si]5(c6ccccn6)CCCCC5)cc43)c2)c2ccccc21. The van der Waals surface area contributed by atoms with E-state index in [1.807, 2.05) is 18.0 Å². The van der Waals surface area contributed by atoms with Gasteiger partial charge < -0.3 is 14.7 Å². The molecule has 0 saturated carbocycles. The summed E-state index contributed by atoms with van der Waals surface area (Å²) in [6, 6.07) is 43.1. The zero-order valence-corrected chi connectivity index (χ0v) is 25.7. The van der Waals surface area contributed by atoms with Crippen LogP contribution in [-0.2, 0) is 0 Å². The van der Waals surface area contributed by atoms with Crippen molar-refractivity contribution in [2.24, 2.45) is 0 Å². The number of fused-ring (bicyclic) bond motifs is 3. The van der Waals surface area contributed by atoms with E-state index in [0.29, 0.717) is 0 Å². The molecule has 0 N–H and O–H groups in total. The largest absolute Gasteiger partial charge is 0.355 e. The maximum atomic E-state index is 4.99. The lowest BCUT2D eigenvalue weighted by Crippen LogP contribution is -2.60. The van der Waals surface area contributed by atoms with E-state index in [9.17, 15) is 0 Å². The first-order chi connectivity index (χ1) is 20.7. The highest BCUT2D eigenvalue weighted by molar-refractivity contribution is 7.99. The average molecular weight is 583 g/mol. The molecule has 0 spiro atoms. The molecule has 3 aliphatic heterocycles. The topological polar surface area (TPSA) is 22.6 Å². The number of pyridine rings is 1. The fourth-order valence-corrected chi connectivity index (χ4v) is 13.2. The van der Waals surface area contributed by atoms with Crippen LogP contribution in [-0.4, -0.2) is 26.8 Å². The van der Waals surface area contributed by atoms with Crippen molar-refractivity contribution in [3.63, 3.8) is 0 Å². The Kier molecular flexibility index (Phi) is 6.34. The fraction of sp³-hybridized carbons (Fsp3) is 0.194. The minimum absolute atomic E-state index is 0.841. The Morgan fingerprint density at radius 3 is 2.21 bits per heavy atom. The number of benzene rings is 4. The van der Waals surface area contributed by atoms with Crippen LogP contribution in [0.25, 0.3) is 0 Å². The number of aromatic nitrogens is 1. The van der Waals surface area contributed by atoms with Gasteiger partial charge in [0.15, 0.2) is 0 Å². The van der Waals surface area contributed by atoms with E-state index < -0.39 is 8.07 Å². The standard InChI is InChI=1S/C36H34N4SSi/c1-38-26-39(31-15-4-3-14-30(31)38)27-12-11-13-28(24-27)40-32-16-5-6-17-34(32)41-35-20-19-29(25-33(35)40)42(22-9-2-10-23-42)36-18-7-8-21-37-36/h3-8,11-21,24-25H,2,9-10,22-23,26H2,1H3. The second-order valence-electron chi connectivity index (χ2n) is 11.7. The highest BCUT2D eigenvalue weighted by Gasteiger charge is 2.41. The van der Waals surface area contributed by atoms with Crippen molar-refractivity contribution in [1.29, 1.82) is 0 Å². The van der Waals surface area contributed by atoms with Gasteiger partial charge >= 0.3 is 0 Å². The van der Waals surface area contributed by atoms with Crippen molar-refractivity contribution in [3.05, 3.63) is 115 Å². The summed E-state index contributed by atoms with van der Waals surface area (Å²) in [5.41, 5.74) is 7.48. The first-order valence-corrected chi connectivity index (χ1v) is 18.3. The summed E-state index contributed by atoms with van der Waals surface area (Å²) in [6.07, 6.45) is 5.93. The Balaban J connectivity index is 1.27. The van der Waals surface area contributed by atoms with Gasteiger partial charge in [-0.2, -0.15) is 0 Å². The molecule has 1 saturated heterocycles. The van der Waals surface area contributed by atoms with Gasteiger partial charge in [-0.1, -0.05) is 73.5 Å². The van der Waals surface area contributed by atoms with Gasteiger partial charge in [0.25, 0.3) is 0 Å². The predicted octanol–water partition coefficient (Wildman–Crippen LogP) is 8.31. The minimum Gasteiger partial charge on any atom is -0.355 e. The summed E-state index contributed by atoms with van der Waals surface area (Å²) in [5.74, 6) is 0. The Bertz CT molecular complexity index is 1770. The smallest absolute Gasteiger partial charge is 0.141 e. The molecule has 1 aromatic heterocycles. The molecule has 0 radical (unpaired) electrons. The molecule has 1 fully saturated rings. The molecule has 4 aromatic carbocycles. The molecule has 0 atom stereocenters. The number of para-hydroxylation sites is 3. The summed E-state index contributed by atoms with van der Waals surface area (Å²) in [6.45, 7) is 0.841. The maximum absolute atomic E-state index is 4.99. The van der Waals surface area contributed by atoms with Crippen LogP contribution in [0.5, 0.6) is 0 Å².